The monoisotopic (exact) mass is 1120 g/mol. The van der Waals surface area contributed by atoms with E-state index in [1.165, 1.54) is 10.8 Å². The Morgan fingerprint density at radius 2 is 0.591 bits per heavy atom. The zero-order valence-electron chi connectivity index (χ0n) is 47.4. The maximum absolute atomic E-state index is 5.54. The summed E-state index contributed by atoms with van der Waals surface area (Å²) in [5.41, 5.74) is 17.8. The number of para-hydroxylation sites is 1. The molecule has 4 aromatic heterocycles. The van der Waals surface area contributed by atoms with Crippen LogP contribution in [0.2, 0.25) is 0 Å². The lowest BCUT2D eigenvalue weighted by atomic mass is 9.88. The van der Waals surface area contributed by atoms with Gasteiger partial charge in [-0.05, 0) is 84.8 Å². The van der Waals surface area contributed by atoms with Gasteiger partial charge in [-0.3, -0.25) is 4.98 Å². The summed E-state index contributed by atoms with van der Waals surface area (Å²) < 4.78 is 0. The van der Waals surface area contributed by atoms with Gasteiger partial charge in [-0.25, -0.2) is 34.9 Å². The number of benzene rings is 12. The van der Waals surface area contributed by atoms with Gasteiger partial charge in [0, 0.05) is 61.5 Å². The van der Waals surface area contributed by atoms with E-state index >= 15 is 0 Å². The third-order valence-electron chi connectivity index (χ3n) is 16.5. The number of pyridine rings is 2. The van der Waals surface area contributed by atoms with Crippen LogP contribution < -0.4 is 0 Å². The predicted octanol–water partition coefficient (Wildman–Crippen LogP) is 19.8. The Morgan fingerprint density at radius 1 is 0.205 bits per heavy atom. The smallest absolute Gasteiger partial charge is 0.164 e. The Labute approximate surface area is 508 Å². The van der Waals surface area contributed by atoms with Crippen LogP contribution in [0.25, 0.3) is 167 Å². The lowest BCUT2D eigenvalue weighted by molar-refractivity contribution is 1.07. The van der Waals surface area contributed by atoms with Gasteiger partial charge in [0.2, 0.25) is 0 Å². The largest absolute Gasteiger partial charge is 0.256 e. The van der Waals surface area contributed by atoms with Crippen molar-refractivity contribution in [3.8, 4) is 124 Å². The van der Waals surface area contributed by atoms with Crippen molar-refractivity contribution in [1.29, 1.82) is 0 Å². The second-order valence-corrected chi connectivity index (χ2v) is 21.8. The maximum Gasteiger partial charge on any atom is 0.164 e. The van der Waals surface area contributed by atoms with Crippen LogP contribution in [0, 0.1) is 0 Å². The van der Waals surface area contributed by atoms with Crippen molar-refractivity contribution in [3.05, 3.63) is 303 Å². The minimum Gasteiger partial charge on any atom is -0.256 e. The van der Waals surface area contributed by atoms with Crippen LogP contribution in [0.4, 0.5) is 0 Å². The summed E-state index contributed by atoms with van der Waals surface area (Å²) in [7, 11) is 0. The molecular formula is C80H50N8. The standard InChI is InChI=1S/C80H50N8/c1-4-20-56(21-5-1)75-83-76(57-22-6-2-7-23-57)85-78(84-75)59-41-37-54(38-42-59)73-64-30-13-11-19-52(64)44-47-68(73)69-32-15-26-55-45-48-70(82-74(55)69)61-27-14-28-62(50-61)80-87-77(58-24-8-3-9-25-58)86-79(88-80)60-39-35-53(36-40-60)72-63-29-12-10-18-51(63)43-46-67(72)65-31-16-34-71-66(65)33-17-49-81-71/h1-50H. The highest BCUT2D eigenvalue weighted by molar-refractivity contribution is 6.10. The molecule has 0 amide bonds. The van der Waals surface area contributed by atoms with Gasteiger partial charge in [-0.15, -0.1) is 0 Å². The van der Waals surface area contributed by atoms with Crippen molar-refractivity contribution >= 4 is 43.4 Å². The fourth-order valence-corrected chi connectivity index (χ4v) is 12.2. The van der Waals surface area contributed by atoms with Gasteiger partial charge in [-0.1, -0.05) is 273 Å². The minimum atomic E-state index is 0.563. The summed E-state index contributed by atoms with van der Waals surface area (Å²) in [5.74, 6) is 3.58. The molecule has 0 aliphatic carbocycles. The van der Waals surface area contributed by atoms with E-state index in [2.05, 4.69) is 200 Å². The van der Waals surface area contributed by atoms with Gasteiger partial charge in [0.15, 0.2) is 34.9 Å². The van der Waals surface area contributed by atoms with E-state index in [4.69, 9.17) is 39.9 Å². The molecule has 0 bridgehead atoms. The van der Waals surface area contributed by atoms with Gasteiger partial charge >= 0.3 is 0 Å². The molecule has 8 nitrogen and oxygen atoms in total. The van der Waals surface area contributed by atoms with Crippen molar-refractivity contribution in [2.24, 2.45) is 0 Å². The molecule has 4 heterocycles. The Bertz CT molecular complexity index is 5250. The molecule has 0 saturated carbocycles. The molecule has 0 radical (unpaired) electrons. The van der Waals surface area contributed by atoms with E-state index in [9.17, 15) is 0 Å². The van der Waals surface area contributed by atoms with Crippen LogP contribution in [0.1, 0.15) is 0 Å². The number of fused-ring (bicyclic) bond motifs is 4. The minimum absolute atomic E-state index is 0.563. The second-order valence-electron chi connectivity index (χ2n) is 21.8. The first-order valence-corrected chi connectivity index (χ1v) is 29.4. The highest BCUT2D eigenvalue weighted by Crippen LogP contribution is 2.44. The zero-order chi connectivity index (χ0) is 58.3. The molecule has 12 aromatic carbocycles. The average molecular weight is 1120 g/mol. The third-order valence-corrected chi connectivity index (χ3v) is 16.5. The first-order valence-electron chi connectivity index (χ1n) is 29.4. The van der Waals surface area contributed by atoms with Crippen LogP contribution in [-0.2, 0) is 0 Å². The molecular weight excluding hydrogens is 1070 g/mol. The molecule has 0 fully saturated rings. The predicted molar refractivity (Wildman–Crippen MR) is 359 cm³/mol. The third kappa shape index (κ3) is 9.66. The lowest BCUT2D eigenvalue weighted by Gasteiger charge is -2.16. The van der Waals surface area contributed by atoms with Crippen LogP contribution in [-0.4, -0.2) is 39.9 Å². The Hall–Kier alpha value is -12.0. The summed E-state index contributed by atoms with van der Waals surface area (Å²) in [6.45, 7) is 0. The van der Waals surface area contributed by atoms with Crippen molar-refractivity contribution in [3.63, 3.8) is 0 Å². The molecule has 0 unspecified atom stereocenters. The van der Waals surface area contributed by atoms with Gasteiger partial charge in [0.25, 0.3) is 0 Å². The average Bonchev–Trinajstić information content (AvgIpc) is 1.58. The number of nitrogens with zero attached hydrogens (tertiary/aromatic N) is 8. The Balaban J connectivity index is 0.767. The van der Waals surface area contributed by atoms with Crippen molar-refractivity contribution in [2.75, 3.05) is 0 Å². The van der Waals surface area contributed by atoms with E-state index in [1.807, 2.05) is 103 Å². The quantitative estimate of drug-likeness (QED) is 0.126. The van der Waals surface area contributed by atoms with Gasteiger partial charge in [-0.2, -0.15) is 0 Å². The number of hydrogen-bond donors (Lipinski definition) is 0. The van der Waals surface area contributed by atoms with Crippen molar-refractivity contribution in [2.45, 2.75) is 0 Å². The molecule has 410 valence electrons. The fraction of sp³-hybridized carbons (Fsp3) is 0. The summed E-state index contributed by atoms with van der Waals surface area (Å²) >= 11 is 0. The highest BCUT2D eigenvalue weighted by Gasteiger charge is 2.21. The van der Waals surface area contributed by atoms with Crippen molar-refractivity contribution < 1.29 is 0 Å². The van der Waals surface area contributed by atoms with Crippen LogP contribution in [0.5, 0.6) is 0 Å². The number of aromatic nitrogens is 8. The summed E-state index contributed by atoms with van der Waals surface area (Å²) in [6, 6.07) is 103. The van der Waals surface area contributed by atoms with E-state index in [-0.39, 0.29) is 0 Å². The molecule has 0 aliphatic heterocycles. The molecule has 0 saturated heterocycles. The van der Waals surface area contributed by atoms with Gasteiger partial charge in [0.05, 0.1) is 16.7 Å². The molecule has 0 spiro atoms. The summed E-state index contributed by atoms with van der Waals surface area (Å²) in [4.78, 5) is 40.8. The van der Waals surface area contributed by atoms with E-state index in [0.717, 1.165) is 122 Å². The normalized spacial score (nSPS) is 11.4. The maximum atomic E-state index is 5.54. The molecule has 0 aliphatic rings. The second kappa shape index (κ2) is 22.2. The summed E-state index contributed by atoms with van der Waals surface area (Å²) in [6.07, 6.45) is 1.85. The molecule has 16 rings (SSSR count). The van der Waals surface area contributed by atoms with Crippen molar-refractivity contribution in [1.82, 2.24) is 39.9 Å². The first kappa shape index (κ1) is 51.6. The topological polar surface area (TPSA) is 103 Å². The van der Waals surface area contributed by atoms with Gasteiger partial charge < -0.3 is 0 Å². The Morgan fingerprint density at radius 3 is 1.14 bits per heavy atom. The number of hydrogen-bond acceptors (Lipinski definition) is 8. The van der Waals surface area contributed by atoms with E-state index in [0.29, 0.717) is 34.9 Å². The van der Waals surface area contributed by atoms with E-state index in [1.54, 1.807) is 0 Å². The van der Waals surface area contributed by atoms with Gasteiger partial charge in [0.1, 0.15) is 0 Å². The van der Waals surface area contributed by atoms with E-state index < -0.39 is 0 Å². The molecule has 8 heteroatoms. The fourth-order valence-electron chi connectivity index (χ4n) is 12.2. The first-order chi connectivity index (χ1) is 43.6. The molecule has 0 N–H and O–H groups in total. The number of rotatable bonds is 11. The van der Waals surface area contributed by atoms with Crippen LogP contribution in [0.3, 0.4) is 0 Å². The SMILES string of the molecule is c1ccc(-c2nc(-c3ccccc3)nc(-c3ccc(-c4c(-c5cccc6ccc(-c7cccc(-c8nc(-c9ccccc9)nc(-c9ccc(-c%10c(-c%11cccc%12ncccc%11%12)ccc%11ccccc%10%11)cc9)n8)c7)nc56)ccc5ccccc45)cc3)n2)cc1. The lowest BCUT2D eigenvalue weighted by Crippen LogP contribution is -2.00. The Kier molecular flexibility index (Phi) is 13.0. The molecule has 88 heavy (non-hydrogen) atoms. The van der Waals surface area contributed by atoms with Crippen LogP contribution in [0.15, 0.2) is 303 Å². The highest BCUT2D eigenvalue weighted by atomic mass is 15.0. The zero-order valence-corrected chi connectivity index (χ0v) is 47.4. The molecule has 0 atom stereocenters. The molecule has 16 aromatic rings. The van der Waals surface area contributed by atoms with Crippen LogP contribution >= 0.6 is 0 Å². The summed E-state index contributed by atoms with van der Waals surface area (Å²) in [5, 5.41) is 6.78.